The molecule has 0 bridgehead atoms. The van der Waals surface area contributed by atoms with Crippen LogP contribution in [0, 0.1) is 12.3 Å². The molecule has 1 N–H and O–H groups in total. The summed E-state index contributed by atoms with van der Waals surface area (Å²) in [5.41, 5.74) is 3.39. The van der Waals surface area contributed by atoms with Gasteiger partial charge in [-0.05, 0) is 35.4 Å². The van der Waals surface area contributed by atoms with Crippen molar-refractivity contribution in [2.45, 2.75) is 13.1 Å². The number of hydrogen-bond acceptors (Lipinski definition) is 2. The number of benzene rings is 1. The summed E-state index contributed by atoms with van der Waals surface area (Å²) in [5.74, 6) is 2.61. The fraction of sp³-hybridized carbons (Fsp3) is 0.133. The first-order valence-corrected chi connectivity index (χ1v) is 5.53. The molecule has 0 fully saturated rings. The average molecular weight is 222 g/mol. The van der Waals surface area contributed by atoms with Gasteiger partial charge in [-0.15, -0.1) is 6.42 Å². The fourth-order valence-corrected chi connectivity index (χ4v) is 1.57. The van der Waals surface area contributed by atoms with Crippen molar-refractivity contribution in [2.24, 2.45) is 0 Å². The Balaban J connectivity index is 1.84. The fourth-order valence-electron chi connectivity index (χ4n) is 1.57. The molecule has 0 amide bonds. The van der Waals surface area contributed by atoms with E-state index in [0.29, 0.717) is 0 Å². The van der Waals surface area contributed by atoms with Crippen LogP contribution in [0.15, 0.2) is 48.8 Å². The lowest BCUT2D eigenvalue weighted by Crippen LogP contribution is -2.12. The van der Waals surface area contributed by atoms with E-state index < -0.39 is 0 Å². The monoisotopic (exact) mass is 222 g/mol. The van der Waals surface area contributed by atoms with E-state index in [9.17, 15) is 0 Å². The number of pyridine rings is 1. The van der Waals surface area contributed by atoms with Crippen LogP contribution in [-0.2, 0) is 13.1 Å². The van der Waals surface area contributed by atoms with Crippen LogP contribution < -0.4 is 5.32 Å². The molecule has 1 aromatic heterocycles. The Kier molecular flexibility index (Phi) is 3.90. The molecule has 2 nitrogen and oxygen atoms in total. The van der Waals surface area contributed by atoms with Gasteiger partial charge in [0.05, 0.1) is 0 Å². The molecule has 2 aromatic rings. The topological polar surface area (TPSA) is 24.9 Å². The zero-order chi connectivity index (χ0) is 11.9. The molecule has 1 aromatic carbocycles. The average Bonchev–Trinajstić information content (AvgIpc) is 2.41. The predicted octanol–water partition coefficient (Wildman–Crippen LogP) is 2.35. The van der Waals surface area contributed by atoms with E-state index in [-0.39, 0.29) is 0 Å². The molecule has 0 saturated carbocycles. The van der Waals surface area contributed by atoms with Crippen molar-refractivity contribution in [3.05, 3.63) is 65.5 Å². The molecule has 2 rings (SSSR count). The molecule has 2 heteroatoms. The third-order valence-corrected chi connectivity index (χ3v) is 2.53. The van der Waals surface area contributed by atoms with E-state index in [1.54, 1.807) is 12.4 Å². The van der Waals surface area contributed by atoms with Gasteiger partial charge in [-0.3, -0.25) is 4.98 Å². The highest BCUT2D eigenvalue weighted by molar-refractivity contribution is 5.34. The number of hydrogen-bond donors (Lipinski definition) is 1. The molecule has 0 saturated heterocycles. The smallest absolute Gasteiger partial charge is 0.0271 e. The van der Waals surface area contributed by atoms with Crippen LogP contribution in [0.1, 0.15) is 16.7 Å². The third-order valence-electron chi connectivity index (χ3n) is 2.53. The lowest BCUT2D eigenvalue weighted by Gasteiger charge is -2.05. The van der Waals surface area contributed by atoms with E-state index in [1.807, 2.05) is 24.3 Å². The summed E-state index contributed by atoms with van der Waals surface area (Å²) < 4.78 is 0. The van der Waals surface area contributed by atoms with Crippen molar-refractivity contribution in [3.8, 4) is 12.3 Å². The third kappa shape index (κ3) is 3.44. The zero-order valence-electron chi connectivity index (χ0n) is 9.56. The van der Waals surface area contributed by atoms with Crippen LogP contribution in [0.4, 0.5) is 0 Å². The maximum atomic E-state index is 5.30. The van der Waals surface area contributed by atoms with Crippen molar-refractivity contribution in [2.75, 3.05) is 0 Å². The first-order valence-electron chi connectivity index (χ1n) is 5.53. The molecule has 0 aliphatic rings. The summed E-state index contributed by atoms with van der Waals surface area (Å²) in [7, 11) is 0. The van der Waals surface area contributed by atoms with Crippen molar-refractivity contribution in [3.63, 3.8) is 0 Å². The van der Waals surface area contributed by atoms with Crippen LogP contribution >= 0.6 is 0 Å². The first kappa shape index (κ1) is 11.4. The molecule has 0 atom stereocenters. The number of terminal acetylenes is 1. The molecule has 0 unspecified atom stereocenters. The van der Waals surface area contributed by atoms with Gasteiger partial charge in [0.1, 0.15) is 0 Å². The van der Waals surface area contributed by atoms with Crippen LogP contribution in [0.3, 0.4) is 0 Å². The molecule has 1 heterocycles. The van der Waals surface area contributed by atoms with Gasteiger partial charge in [-0.2, -0.15) is 0 Å². The van der Waals surface area contributed by atoms with Crippen LogP contribution in [0.25, 0.3) is 0 Å². The molecule has 0 aliphatic carbocycles. The maximum Gasteiger partial charge on any atom is 0.0271 e. The predicted molar refractivity (Wildman–Crippen MR) is 69.2 cm³/mol. The molecule has 84 valence electrons. The van der Waals surface area contributed by atoms with E-state index in [4.69, 9.17) is 6.42 Å². The number of rotatable bonds is 4. The van der Waals surface area contributed by atoms with E-state index >= 15 is 0 Å². The lowest BCUT2D eigenvalue weighted by atomic mass is 10.1. The van der Waals surface area contributed by atoms with Gasteiger partial charge in [0.2, 0.25) is 0 Å². The minimum Gasteiger partial charge on any atom is -0.309 e. The summed E-state index contributed by atoms with van der Waals surface area (Å²) in [5, 5.41) is 3.38. The Morgan fingerprint density at radius 3 is 2.12 bits per heavy atom. The highest BCUT2D eigenvalue weighted by atomic mass is 14.8. The van der Waals surface area contributed by atoms with Gasteiger partial charge >= 0.3 is 0 Å². The summed E-state index contributed by atoms with van der Waals surface area (Å²) in [6.07, 6.45) is 8.91. The van der Waals surface area contributed by atoms with Crippen molar-refractivity contribution >= 4 is 0 Å². The minimum absolute atomic E-state index is 0.840. The van der Waals surface area contributed by atoms with Crippen LogP contribution in [0.5, 0.6) is 0 Å². The minimum atomic E-state index is 0.840. The highest BCUT2D eigenvalue weighted by Crippen LogP contribution is 2.03. The highest BCUT2D eigenvalue weighted by Gasteiger charge is 1.94. The van der Waals surface area contributed by atoms with E-state index in [0.717, 1.165) is 18.7 Å². The van der Waals surface area contributed by atoms with Gasteiger partial charge in [0, 0.05) is 31.0 Å². The van der Waals surface area contributed by atoms with E-state index in [2.05, 4.69) is 28.4 Å². The Bertz CT molecular complexity index is 495. The Morgan fingerprint density at radius 1 is 0.941 bits per heavy atom. The SMILES string of the molecule is C#Cc1ccc(CNCc2ccncc2)cc1. The Labute approximate surface area is 102 Å². The van der Waals surface area contributed by atoms with Crippen molar-refractivity contribution < 1.29 is 0 Å². The Hall–Kier alpha value is -2.11. The van der Waals surface area contributed by atoms with Gasteiger partial charge < -0.3 is 5.32 Å². The van der Waals surface area contributed by atoms with Gasteiger partial charge in [-0.1, -0.05) is 18.1 Å². The number of nitrogens with zero attached hydrogens (tertiary/aromatic N) is 1. The van der Waals surface area contributed by atoms with E-state index in [1.165, 1.54) is 11.1 Å². The molecule has 17 heavy (non-hydrogen) atoms. The van der Waals surface area contributed by atoms with Gasteiger partial charge in [0.15, 0.2) is 0 Å². The quantitative estimate of drug-likeness (QED) is 0.803. The van der Waals surface area contributed by atoms with Crippen LogP contribution in [0.2, 0.25) is 0 Å². The second-order valence-corrected chi connectivity index (χ2v) is 3.80. The number of nitrogens with one attached hydrogen (secondary N) is 1. The lowest BCUT2D eigenvalue weighted by molar-refractivity contribution is 0.692. The second kappa shape index (κ2) is 5.83. The largest absolute Gasteiger partial charge is 0.309 e. The molecular formula is C15H14N2. The first-order chi connectivity index (χ1) is 8.38. The zero-order valence-corrected chi connectivity index (χ0v) is 9.56. The van der Waals surface area contributed by atoms with Crippen LogP contribution in [-0.4, -0.2) is 4.98 Å². The molecule has 0 radical (unpaired) electrons. The summed E-state index contributed by atoms with van der Waals surface area (Å²) in [6, 6.07) is 12.0. The maximum absolute atomic E-state index is 5.30. The standard InChI is InChI=1S/C15H14N2/c1-2-13-3-5-14(6-4-13)11-17-12-15-7-9-16-10-8-15/h1,3-10,17H,11-12H2. The van der Waals surface area contributed by atoms with Crippen molar-refractivity contribution in [1.82, 2.24) is 10.3 Å². The number of aromatic nitrogens is 1. The van der Waals surface area contributed by atoms with Gasteiger partial charge in [-0.25, -0.2) is 0 Å². The molecular weight excluding hydrogens is 208 g/mol. The van der Waals surface area contributed by atoms with Crippen molar-refractivity contribution in [1.29, 1.82) is 0 Å². The summed E-state index contributed by atoms with van der Waals surface area (Å²) >= 11 is 0. The summed E-state index contributed by atoms with van der Waals surface area (Å²) in [4.78, 5) is 3.98. The summed E-state index contributed by atoms with van der Waals surface area (Å²) in [6.45, 7) is 1.69. The molecule has 0 aliphatic heterocycles. The van der Waals surface area contributed by atoms with Gasteiger partial charge in [0.25, 0.3) is 0 Å². The Morgan fingerprint density at radius 2 is 1.53 bits per heavy atom. The normalized spacial score (nSPS) is 9.82. The molecule has 0 spiro atoms. The second-order valence-electron chi connectivity index (χ2n) is 3.80.